The minimum Gasteiger partial charge on any atom is -0.377 e. The minimum absolute atomic E-state index is 0.0618. The molecule has 3 heteroatoms. The van der Waals surface area contributed by atoms with E-state index in [9.17, 15) is 0 Å². The van der Waals surface area contributed by atoms with Crippen molar-refractivity contribution in [1.82, 2.24) is 5.43 Å². The molecule has 0 aromatic heterocycles. The lowest BCUT2D eigenvalue weighted by Gasteiger charge is -2.36. The Kier molecular flexibility index (Phi) is 4.11. The maximum Gasteiger partial charge on any atom is 0.0847 e. The zero-order valence-corrected chi connectivity index (χ0v) is 9.31. The molecule has 0 radical (unpaired) electrons. The van der Waals surface area contributed by atoms with Crippen LogP contribution in [-0.2, 0) is 4.74 Å². The van der Waals surface area contributed by atoms with Crippen LogP contribution >= 0.6 is 0 Å². The minimum atomic E-state index is -0.0618. The summed E-state index contributed by atoms with van der Waals surface area (Å²) in [5.41, 5.74) is 3.97. The van der Waals surface area contributed by atoms with Gasteiger partial charge in [0.2, 0.25) is 0 Å². The highest BCUT2D eigenvalue weighted by Gasteiger charge is 2.40. The highest BCUT2D eigenvalue weighted by Crippen LogP contribution is 2.37. The van der Waals surface area contributed by atoms with E-state index >= 15 is 0 Å². The molecule has 82 valence electrons. The van der Waals surface area contributed by atoms with Gasteiger partial charge in [0.05, 0.1) is 11.6 Å². The van der Waals surface area contributed by atoms with E-state index in [0.717, 1.165) is 24.8 Å². The van der Waals surface area contributed by atoms with E-state index in [2.05, 4.69) is 12.0 Å². The molecular weight excluding hydrogens is 176 g/mol. The van der Waals surface area contributed by atoms with Crippen molar-refractivity contribution < 1.29 is 4.74 Å². The second-order valence-corrected chi connectivity index (χ2v) is 4.36. The van der Waals surface area contributed by atoms with E-state index < -0.39 is 0 Å². The smallest absolute Gasteiger partial charge is 0.0847 e. The van der Waals surface area contributed by atoms with Crippen molar-refractivity contribution in [2.75, 3.05) is 7.11 Å². The van der Waals surface area contributed by atoms with Crippen molar-refractivity contribution in [3.8, 4) is 0 Å². The normalized spacial score (nSPS) is 22.2. The molecular formula is C11H22N2O. The van der Waals surface area contributed by atoms with Crippen molar-refractivity contribution in [2.24, 2.45) is 5.84 Å². The molecule has 0 saturated heterocycles. The van der Waals surface area contributed by atoms with Crippen LogP contribution in [0.1, 0.15) is 39.0 Å². The summed E-state index contributed by atoms with van der Waals surface area (Å²) in [5, 5.41) is 0. The van der Waals surface area contributed by atoms with Crippen molar-refractivity contribution in [3.05, 3.63) is 12.2 Å². The number of hydrogen-bond acceptors (Lipinski definition) is 3. The molecule has 3 nitrogen and oxygen atoms in total. The number of hydrazine groups is 1. The second-order valence-electron chi connectivity index (χ2n) is 4.36. The topological polar surface area (TPSA) is 47.3 Å². The van der Waals surface area contributed by atoms with Gasteiger partial charge in [0.15, 0.2) is 0 Å². The maximum atomic E-state index is 5.67. The first-order valence-electron chi connectivity index (χ1n) is 5.30. The van der Waals surface area contributed by atoms with Crippen LogP contribution in [0.2, 0.25) is 0 Å². The summed E-state index contributed by atoms with van der Waals surface area (Å²) in [6.07, 6.45) is 5.58. The molecule has 1 unspecified atom stereocenters. The summed E-state index contributed by atoms with van der Waals surface area (Å²) in [6.45, 7) is 5.96. The van der Waals surface area contributed by atoms with Crippen LogP contribution in [-0.4, -0.2) is 18.8 Å². The quantitative estimate of drug-likeness (QED) is 0.402. The van der Waals surface area contributed by atoms with Crippen LogP contribution in [0, 0.1) is 0 Å². The first-order chi connectivity index (χ1) is 6.64. The second kappa shape index (κ2) is 4.91. The largest absolute Gasteiger partial charge is 0.377 e. The van der Waals surface area contributed by atoms with E-state index in [-0.39, 0.29) is 11.6 Å². The van der Waals surface area contributed by atoms with Crippen molar-refractivity contribution in [1.29, 1.82) is 0 Å². The number of methoxy groups -OCH3 is 1. The van der Waals surface area contributed by atoms with Gasteiger partial charge in [-0.1, -0.05) is 18.4 Å². The predicted octanol–water partition coefficient (Wildman–Crippen LogP) is 1.74. The van der Waals surface area contributed by atoms with E-state index in [1.807, 2.05) is 6.92 Å². The lowest BCUT2D eigenvalue weighted by molar-refractivity contribution is -0.0355. The zero-order chi connectivity index (χ0) is 10.6. The van der Waals surface area contributed by atoms with Crippen LogP contribution in [0.3, 0.4) is 0 Å². The van der Waals surface area contributed by atoms with Gasteiger partial charge in [-0.2, -0.15) is 0 Å². The number of nitrogens with two attached hydrogens (primary N) is 1. The Balaban J connectivity index is 2.68. The Labute approximate surface area is 86.7 Å². The van der Waals surface area contributed by atoms with Gasteiger partial charge in [0, 0.05) is 7.11 Å². The molecule has 0 amide bonds. The molecule has 1 aliphatic rings. The summed E-state index contributed by atoms with van der Waals surface area (Å²) in [7, 11) is 1.79. The summed E-state index contributed by atoms with van der Waals surface area (Å²) >= 11 is 0. The highest BCUT2D eigenvalue weighted by molar-refractivity contribution is 5.03. The first-order valence-corrected chi connectivity index (χ1v) is 5.30. The molecule has 1 saturated carbocycles. The molecule has 0 aliphatic heterocycles. The predicted molar refractivity (Wildman–Crippen MR) is 58.8 cm³/mol. The third-order valence-electron chi connectivity index (χ3n) is 3.25. The molecule has 0 spiro atoms. The summed E-state index contributed by atoms with van der Waals surface area (Å²) in [4.78, 5) is 0. The van der Waals surface area contributed by atoms with E-state index in [0.29, 0.717) is 0 Å². The Hall–Kier alpha value is -0.380. The van der Waals surface area contributed by atoms with Crippen LogP contribution in [0.15, 0.2) is 12.2 Å². The van der Waals surface area contributed by atoms with Crippen molar-refractivity contribution >= 4 is 0 Å². The monoisotopic (exact) mass is 198 g/mol. The van der Waals surface area contributed by atoms with Crippen LogP contribution in [0.25, 0.3) is 0 Å². The Bertz CT molecular complexity index is 197. The summed E-state index contributed by atoms with van der Waals surface area (Å²) in [5.74, 6) is 5.59. The number of nitrogens with one attached hydrogen (secondary N) is 1. The molecule has 1 atom stereocenters. The fraction of sp³-hybridized carbons (Fsp3) is 0.818. The Morgan fingerprint density at radius 3 is 2.50 bits per heavy atom. The van der Waals surface area contributed by atoms with Crippen LogP contribution in [0.5, 0.6) is 0 Å². The molecule has 1 fully saturated rings. The lowest BCUT2D eigenvalue weighted by Crippen LogP contribution is -2.53. The van der Waals surface area contributed by atoms with Gasteiger partial charge in [0.25, 0.3) is 0 Å². The molecule has 0 aromatic rings. The molecule has 0 bridgehead atoms. The van der Waals surface area contributed by atoms with E-state index in [1.165, 1.54) is 12.8 Å². The highest BCUT2D eigenvalue weighted by atomic mass is 16.5. The maximum absolute atomic E-state index is 5.67. The zero-order valence-electron chi connectivity index (χ0n) is 9.31. The fourth-order valence-corrected chi connectivity index (χ4v) is 2.41. The average Bonchev–Trinajstić information content (AvgIpc) is 2.63. The standard InChI is InChI=1S/C11H22N2O/c1-9(2)8-10(13-12)11(14-3)6-4-5-7-11/h10,13H,1,4-8,12H2,2-3H3. The summed E-state index contributed by atoms with van der Waals surface area (Å²) < 4.78 is 5.67. The number of ether oxygens (including phenoxy) is 1. The van der Waals surface area contributed by atoms with Gasteiger partial charge < -0.3 is 4.74 Å². The fourth-order valence-electron chi connectivity index (χ4n) is 2.41. The molecule has 14 heavy (non-hydrogen) atoms. The SMILES string of the molecule is C=C(C)CC(NN)C1(OC)CCCC1. The molecule has 3 N–H and O–H groups in total. The van der Waals surface area contributed by atoms with Gasteiger partial charge in [-0.25, -0.2) is 0 Å². The molecule has 0 aromatic carbocycles. The first kappa shape index (κ1) is 11.7. The molecule has 0 heterocycles. The lowest BCUT2D eigenvalue weighted by atomic mass is 9.88. The Morgan fingerprint density at radius 1 is 1.57 bits per heavy atom. The van der Waals surface area contributed by atoms with Gasteiger partial charge in [-0.15, -0.1) is 6.58 Å². The van der Waals surface area contributed by atoms with Crippen molar-refractivity contribution in [3.63, 3.8) is 0 Å². The Morgan fingerprint density at radius 2 is 2.14 bits per heavy atom. The summed E-state index contributed by atoms with van der Waals surface area (Å²) in [6, 6.07) is 0.201. The van der Waals surface area contributed by atoms with Gasteiger partial charge >= 0.3 is 0 Å². The van der Waals surface area contributed by atoms with Gasteiger partial charge in [-0.3, -0.25) is 11.3 Å². The van der Waals surface area contributed by atoms with Crippen LogP contribution < -0.4 is 11.3 Å². The van der Waals surface area contributed by atoms with Crippen molar-refractivity contribution in [2.45, 2.75) is 50.7 Å². The number of hydrogen-bond donors (Lipinski definition) is 2. The van der Waals surface area contributed by atoms with Crippen LogP contribution in [0.4, 0.5) is 0 Å². The molecule has 1 aliphatic carbocycles. The van der Waals surface area contributed by atoms with E-state index in [4.69, 9.17) is 10.6 Å². The van der Waals surface area contributed by atoms with Gasteiger partial charge in [0.1, 0.15) is 0 Å². The van der Waals surface area contributed by atoms with Gasteiger partial charge in [-0.05, 0) is 26.2 Å². The number of rotatable bonds is 5. The molecule has 1 rings (SSSR count). The third-order valence-corrected chi connectivity index (χ3v) is 3.25. The average molecular weight is 198 g/mol. The third kappa shape index (κ3) is 2.35. The van der Waals surface area contributed by atoms with E-state index in [1.54, 1.807) is 7.11 Å².